The predicted molar refractivity (Wildman–Crippen MR) is 112 cm³/mol. The Balaban J connectivity index is 1.51. The van der Waals surface area contributed by atoms with Crippen LogP contribution in [0.15, 0.2) is 58.9 Å². The molecule has 0 bridgehead atoms. The first-order chi connectivity index (χ1) is 14.0. The van der Waals surface area contributed by atoms with Crippen LogP contribution in [0.25, 0.3) is 0 Å². The van der Waals surface area contributed by atoms with Crippen LogP contribution >= 0.6 is 11.3 Å². The molecule has 4 rings (SSSR count). The zero-order valence-corrected chi connectivity index (χ0v) is 17.3. The fourth-order valence-electron chi connectivity index (χ4n) is 3.27. The van der Waals surface area contributed by atoms with Gasteiger partial charge < -0.3 is 9.64 Å². The average Bonchev–Trinajstić information content (AvgIpc) is 3.37. The molecule has 1 aromatic heterocycles. The summed E-state index contributed by atoms with van der Waals surface area (Å²) in [7, 11) is -2.12. The summed E-state index contributed by atoms with van der Waals surface area (Å²) in [5.41, 5.74) is 2.50. The van der Waals surface area contributed by atoms with Gasteiger partial charge in [-0.2, -0.15) is 0 Å². The third-order valence-corrected chi connectivity index (χ3v) is 6.88. The number of hydrogen-bond donors (Lipinski definition) is 1. The molecule has 29 heavy (non-hydrogen) atoms. The number of hydrogen-bond acceptors (Lipinski definition) is 6. The molecule has 1 amide bonds. The van der Waals surface area contributed by atoms with Crippen molar-refractivity contribution in [3.8, 4) is 5.75 Å². The average molecular weight is 430 g/mol. The predicted octanol–water partition coefficient (Wildman–Crippen LogP) is 3.08. The number of benzene rings is 2. The normalized spacial score (nSPS) is 13.2. The second kappa shape index (κ2) is 7.84. The highest BCUT2D eigenvalue weighted by Gasteiger charge is 2.27. The summed E-state index contributed by atoms with van der Waals surface area (Å²) in [6.45, 7) is 0.535. The lowest BCUT2D eigenvalue weighted by Crippen LogP contribution is -2.30. The van der Waals surface area contributed by atoms with E-state index in [0.717, 1.165) is 22.6 Å². The molecule has 0 aliphatic carbocycles. The number of nitrogens with one attached hydrogen (secondary N) is 1. The van der Waals surface area contributed by atoms with Crippen molar-refractivity contribution in [3.63, 3.8) is 0 Å². The van der Waals surface area contributed by atoms with E-state index in [9.17, 15) is 13.2 Å². The van der Waals surface area contributed by atoms with Crippen molar-refractivity contribution in [1.82, 2.24) is 4.98 Å². The minimum Gasteiger partial charge on any atom is -0.497 e. The van der Waals surface area contributed by atoms with Gasteiger partial charge in [0, 0.05) is 23.8 Å². The first-order valence-electron chi connectivity index (χ1n) is 8.95. The number of carbonyl (C=O) groups excluding carboxylic acids is 1. The van der Waals surface area contributed by atoms with E-state index in [4.69, 9.17) is 4.74 Å². The highest BCUT2D eigenvalue weighted by molar-refractivity contribution is 7.93. The number of sulfonamides is 1. The van der Waals surface area contributed by atoms with E-state index in [-0.39, 0.29) is 17.2 Å². The fourth-order valence-corrected chi connectivity index (χ4v) is 5.10. The van der Waals surface area contributed by atoms with Crippen LogP contribution < -0.4 is 14.4 Å². The van der Waals surface area contributed by atoms with Gasteiger partial charge in [0.15, 0.2) is 5.13 Å². The molecule has 0 saturated heterocycles. The molecular weight excluding hydrogens is 410 g/mol. The number of fused-ring (bicyclic) bond motifs is 1. The molecule has 7 nitrogen and oxygen atoms in total. The van der Waals surface area contributed by atoms with E-state index in [1.165, 1.54) is 23.6 Å². The highest BCUT2D eigenvalue weighted by atomic mass is 32.2. The standard InChI is InChI=1S/C20H19N3O4S2/c1-27-16-4-2-14(3-5-16)12-19(24)23-10-8-15-13-17(6-7-18(15)23)29(25,26)22-20-21-9-11-28-20/h2-7,9,11,13H,8,10,12H2,1H3,(H,21,22). The van der Waals surface area contributed by atoms with Gasteiger partial charge in [-0.05, 0) is 47.9 Å². The number of nitrogens with zero attached hydrogens (tertiary/aromatic N) is 2. The molecule has 9 heteroatoms. The quantitative estimate of drug-likeness (QED) is 0.651. The maximum Gasteiger partial charge on any atom is 0.263 e. The lowest BCUT2D eigenvalue weighted by atomic mass is 10.1. The number of amides is 1. The second-order valence-electron chi connectivity index (χ2n) is 6.55. The molecule has 0 saturated carbocycles. The van der Waals surface area contributed by atoms with Gasteiger partial charge in [0.1, 0.15) is 5.75 Å². The highest BCUT2D eigenvalue weighted by Crippen LogP contribution is 2.31. The summed E-state index contributed by atoms with van der Waals surface area (Å²) in [6.07, 6.45) is 2.43. The topological polar surface area (TPSA) is 88.6 Å². The molecule has 0 radical (unpaired) electrons. The van der Waals surface area contributed by atoms with Crippen molar-refractivity contribution in [2.75, 3.05) is 23.3 Å². The monoisotopic (exact) mass is 429 g/mol. The Morgan fingerprint density at radius 3 is 2.72 bits per heavy atom. The first-order valence-corrected chi connectivity index (χ1v) is 11.3. The molecule has 0 unspecified atom stereocenters. The molecule has 2 heterocycles. The van der Waals surface area contributed by atoms with Gasteiger partial charge >= 0.3 is 0 Å². The number of aromatic nitrogens is 1. The van der Waals surface area contributed by atoms with Crippen molar-refractivity contribution in [2.45, 2.75) is 17.7 Å². The van der Waals surface area contributed by atoms with Gasteiger partial charge in [-0.15, -0.1) is 11.3 Å². The van der Waals surface area contributed by atoms with Gasteiger partial charge in [0.25, 0.3) is 10.0 Å². The Bertz CT molecular complexity index is 1130. The lowest BCUT2D eigenvalue weighted by Gasteiger charge is -2.18. The van der Waals surface area contributed by atoms with Crippen LogP contribution in [0.3, 0.4) is 0 Å². The lowest BCUT2D eigenvalue weighted by molar-refractivity contribution is -0.117. The third-order valence-electron chi connectivity index (χ3n) is 4.73. The summed E-state index contributed by atoms with van der Waals surface area (Å²) >= 11 is 1.22. The van der Waals surface area contributed by atoms with Gasteiger partial charge in [-0.1, -0.05) is 12.1 Å². The zero-order valence-electron chi connectivity index (χ0n) is 15.7. The minimum atomic E-state index is -3.72. The summed E-state index contributed by atoms with van der Waals surface area (Å²) in [6, 6.07) is 12.2. The van der Waals surface area contributed by atoms with Gasteiger partial charge in [0.2, 0.25) is 5.91 Å². The molecule has 1 aliphatic rings. The van der Waals surface area contributed by atoms with Crippen LogP contribution in [-0.2, 0) is 27.7 Å². The summed E-state index contributed by atoms with van der Waals surface area (Å²) in [5, 5.41) is 2.02. The maximum absolute atomic E-state index is 12.8. The van der Waals surface area contributed by atoms with Gasteiger partial charge in [-0.3, -0.25) is 9.52 Å². The minimum absolute atomic E-state index is 0.0227. The number of thiazole rings is 1. The van der Waals surface area contributed by atoms with Crippen molar-refractivity contribution < 1.29 is 17.9 Å². The van der Waals surface area contributed by atoms with Crippen LogP contribution in [0.5, 0.6) is 5.75 Å². The van der Waals surface area contributed by atoms with E-state index in [1.807, 2.05) is 24.3 Å². The number of rotatable bonds is 6. The van der Waals surface area contributed by atoms with E-state index < -0.39 is 10.0 Å². The van der Waals surface area contributed by atoms with Crippen molar-refractivity contribution >= 4 is 38.1 Å². The third kappa shape index (κ3) is 4.10. The van der Waals surface area contributed by atoms with Crippen LogP contribution in [-0.4, -0.2) is 33.0 Å². The molecule has 1 aliphatic heterocycles. The largest absolute Gasteiger partial charge is 0.497 e. The SMILES string of the molecule is COc1ccc(CC(=O)N2CCc3cc(S(=O)(=O)Nc4nccs4)ccc32)cc1. The Labute approximate surface area is 173 Å². The first kappa shape index (κ1) is 19.4. The Morgan fingerprint density at radius 2 is 2.03 bits per heavy atom. The fraction of sp³-hybridized carbons (Fsp3) is 0.200. The zero-order chi connectivity index (χ0) is 20.4. The number of ether oxygens (including phenoxy) is 1. The van der Waals surface area contributed by atoms with Crippen molar-refractivity contribution in [3.05, 3.63) is 65.2 Å². The molecule has 3 aromatic rings. The number of anilines is 2. The van der Waals surface area contributed by atoms with Crippen molar-refractivity contribution in [2.24, 2.45) is 0 Å². The van der Waals surface area contributed by atoms with E-state index >= 15 is 0 Å². The number of carbonyl (C=O) groups is 1. The van der Waals surface area contributed by atoms with Gasteiger partial charge in [-0.25, -0.2) is 13.4 Å². The number of methoxy groups -OCH3 is 1. The summed E-state index contributed by atoms with van der Waals surface area (Å²) < 4.78 is 32.8. The van der Waals surface area contributed by atoms with Crippen LogP contribution in [0.1, 0.15) is 11.1 Å². The van der Waals surface area contributed by atoms with E-state index in [0.29, 0.717) is 18.1 Å². The van der Waals surface area contributed by atoms with E-state index in [1.54, 1.807) is 29.5 Å². The van der Waals surface area contributed by atoms with Gasteiger partial charge in [0.05, 0.1) is 18.4 Å². The molecule has 0 fully saturated rings. The molecule has 0 atom stereocenters. The second-order valence-corrected chi connectivity index (χ2v) is 9.13. The smallest absolute Gasteiger partial charge is 0.263 e. The maximum atomic E-state index is 12.8. The molecule has 1 N–H and O–H groups in total. The summed E-state index contributed by atoms with van der Waals surface area (Å²) in [4.78, 5) is 18.6. The van der Waals surface area contributed by atoms with Crippen LogP contribution in [0.4, 0.5) is 10.8 Å². The molecular formula is C20H19N3O4S2. The Kier molecular flexibility index (Phi) is 5.25. The summed E-state index contributed by atoms with van der Waals surface area (Å²) in [5.74, 6) is 0.721. The Hall–Kier alpha value is -2.91. The van der Waals surface area contributed by atoms with Crippen LogP contribution in [0.2, 0.25) is 0 Å². The molecule has 2 aromatic carbocycles. The molecule has 0 spiro atoms. The van der Waals surface area contributed by atoms with Crippen LogP contribution in [0, 0.1) is 0 Å². The van der Waals surface area contributed by atoms with Crippen molar-refractivity contribution in [1.29, 1.82) is 0 Å². The Morgan fingerprint density at radius 1 is 1.24 bits per heavy atom. The molecule has 150 valence electrons. The van der Waals surface area contributed by atoms with E-state index in [2.05, 4.69) is 9.71 Å².